The van der Waals surface area contributed by atoms with Crippen molar-refractivity contribution in [3.05, 3.63) is 11.9 Å². The Kier molecular flexibility index (Phi) is 4.49. The van der Waals surface area contributed by atoms with Crippen molar-refractivity contribution in [2.24, 2.45) is 5.92 Å². The molecule has 1 aromatic rings. The standard InChI is InChI=1S/C11H20N4O/c1-7(2)8(3)13-10-5-9(12)14-11(15-10)6-16-4/h5,7-8H,6H2,1-4H3,(H3,12,13,14,15). The Hall–Kier alpha value is -1.36. The number of hydrogen-bond acceptors (Lipinski definition) is 5. The fourth-order valence-corrected chi connectivity index (χ4v) is 1.19. The van der Waals surface area contributed by atoms with Crippen molar-refractivity contribution in [1.29, 1.82) is 0 Å². The average molecular weight is 224 g/mol. The van der Waals surface area contributed by atoms with E-state index in [1.165, 1.54) is 0 Å². The summed E-state index contributed by atoms with van der Waals surface area (Å²) in [6.07, 6.45) is 0. The van der Waals surface area contributed by atoms with Gasteiger partial charge in [-0.1, -0.05) is 13.8 Å². The zero-order valence-corrected chi connectivity index (χ0v) is 10.3. The molecule has 1 heterocycles. The van der Waals surface area contributed by atoms with E-state index in [0.717, 1.165) is 5.82 Å². The molecule has 0 aliphatic heterocycles. The van der Waals surface area contributed by atoms with E-state index in [4.69, 9.17) is 10.5 Å². The van der Waals surface area contributed by atoms with E-state index in [1.54, 1.807) is 13.2 Å². The number of nitrogens with one attached hydrogen (secondary N) is 1. The third-order valence-electron chi connectivity index (χ3n) is 2.44. The third kappa shape index (κ3) is 3.66. The number of nitrogen functional groups attached to an aromatic ring is 1. The van der Waals surface area contributed by atoms with Gasteiger partial charge >= 0.3 is 0 Å². The van der Waals surface area contributed by atoms with Gasteiger partial charge in [0.1, 0.15) is 18.2 Å². The van der Waals surface area contributed by atoms with E-state index in [9.17, 15) is 0 Å². The Morgan fingerprint density at radius 3 is 2.62 bits per heavy atom. The molecule has 0 aliphatic rings. The molecule has 0 aliphatic carbocycles. The maximum absolute atomic E-state index is 5.69. The monoisotopic (exact) mass is 224 g/mol. The first-order chi connectivity index (χ1) is 7.52. The maximum Gasteiger partial charge on any atom is 0.158 e. The fraction of sp³-hybridized carbons (Fsp3) is 0.636. The van der Waals surface area contributed by atoms with E-state index < -0.39 is 0 Å². The number of ether oxygens (including phenoxy) is 1. The third-order valence-corrected chi connectivity index (χ3v) is 2.44. The van der Waals surface area contributed by atoms with Gasteiger partial charge in [0, 0.05) is 19.2 Å². The Labute approximate surface area is 96.4 Å². The second kappa shape index (κ2) is 5.65. The molecule has 0 saturated carbocycles. The average Bonchev–Trinajstić information content (AvgIpc) is 2.16. The quantitative estimate of drug-likeness (QED) is 0.795. The van der Waals surface area contributed by atoms with Crippen LogP contribution >= 0.6 is 0 Å². The molecule has 1 unspecified atom stereocenters. The van der Waals surface area contributed by atoms with Crippen LogP contribution in [0.3, 0.4) is 0 Å². The topological polar surface area (TPSA) is 73.1 Å². The predicted molar refractivity (Wildman–Crippen MR) is 65.1 cm³/mol. The molecule has 0 aromatic carbocycles. The lowest BCUT2D eigenvalue weighted by atomic mass is 10.1. The minimum atomic E-state index is 0.338. The normalized spacial score (nSPS) is 12.8. The predicted octanol–water partition coefficient (Wildman–Crippen LogP) is 1.66. The molecule has 0 spiro atoms. The second-order valence-electron chi connectivity index (χ2n) is 4.20. The van der Waals surface area contributed by atoms with Gasteiger partial charge in [0.25, 0.3) is 0 Å². The molecule has 16 heavy (non-hydrogen) atoms. The molecular formula is C11H20N4O. The van der Waals surface area contributed by atoms with Gasteiger partial charge in [0.15, 0.2) is 5.82 Å². The van der Waals surface area contributed by atoms with E-state index in [-0.39, 0.29) is 0 Å². The molecule has 0 fully saturated rings. The van der Waals surface area contributed by atoms with Crippen LogP contribution in [0.25, 0.3) is 0 Å². The van der Waals surface area contributed by atoms with Gasteiger partial charge in [0.05, 0.1) is 0 Å². The number of hydrogen-bond donors (Lipinski definition) is 2. The molecule has 0 radical (unpaired) electrons. The van der Waals surface area contributed by atoms with Crippen LogP contribution in [0.4, 0.5) is 11.6 Å². The molecular weight excluding hydrogens is 204 g/mol. The highest BCUT2D eigenvalue weighted by molar-refractivity contribution is 5.45. The first-order valence-electron chi connectivity index (χ1n) is 5.41. The zero-order chi connectivity index (χ0) is 12.1. The van der Waals surface area contributed by atoms with Gasteiger partial charge < -0.3 is 15.8 Å². The highest BCUT2D eigenvalue weighted by Gasteiger charge is 2.09. The Bertz CT molecular complexity index is 341. The number of anilines is 2. The lowest BCUT2D eigenvalue weighted by molar-refractivity contribution is 0.178. The van der Waals surface area contributed by atoms with Crippen LogP contribution in [0.15, 0.2) is 6.07 Å². The van der Waals surface area contributed by atoms with Crippen molar-refractivity contribution in [2.75, 3.05) is 18.2 Å². The Balaban J connectivity index is 2.79. The van der Waals surface area contributed by atoms with Crippen LogP contribution in [0.5, 0.6) is 0 Å². The lowest BCUT2D eigenvalue weighted by Crippen LogP contribution is -2.22. The minimum absolute atomic E-state index is 0.338. The number of rotatable bonds is 5. The van der Waals surface area contributed by atoms with E-state index in [0.29, 0.717) is 30.2 Å². The van der Waals surface area contributed by atoms with Gasteiger partial charge in [-0.05, 0) is 12.8 Å². The summed E-state index contributed by atoms with van der Waals surface area (Å²) in [4.78, 5) is 8.40. The summed E-state index contributed by atoms with van der Waals surface area (Å²) < 4.78 is 4.98. The van der Waals surface area contributed by atoms with E-state index in [1.807, 2.05) is 0 Å². The van der Waals surface area contributed by atoms with Crippen LogP contribution in [-0.2, 0) is 11.3 Å². The summed E-state index contributed by atoms with van der Waals surface area (Å²) in [5.74, 6) is 2.34. The molecule has 0 amide bonds. The summed E-state index contributed by atoms with van der Waals surface area (Å²) in [5.41, 5.74) is 5.69. The molecule has 1 atom stereocenters. The summed E-state index contributed by atoms with van der Waals surface area (Å²) >= 11 is 0. The summed E-state index contributed by atoms with van der Waals surface area (Å²) in [7, 11) is 1.61. The molecule has 0 saturated heterocycles. The van der Waals surface area contributed by atoms with Gasteiger partial charge in [0.2, 0.25) is 0 Å². The summed E-state index contributed by atoms with van der Waals surface area (Å²) in [6, 6.07) is 2.07. The number of methoxy groups -OCH3 is 1. The van der Waals surface area contributed by atoms with Gasteiger partial charge in [-0.25, -0.2) is 9.97 Å². The van der Waals surface area contributed by atoms with Crippen molar-refractivity contribution in [3.63, 3.8) is 0 Å². The van der Waals surface area contributed by atoms with Crippen molar-refractivity contribution in [3.8, 4) is 0 Å². The highest BCUT2D eigenvalue weighted by Crippen LogP contribution is 2.13. The van der Waals surface area contributed by atoms with Gasteiger partial charge in [-0.3, -0.25) is 0 Å². The molecule has 3 N–H and O–H groups in total. The van der Waals surface area contributed by atoms with Crippen LogP contribution in [-0.4, -0.2) is 23.1 Å². The number of nitrogens with two attached hydrogens (primary N) is 1. The number of aromatic nitrogens is 2. The summed E-state index contributed by atoms with van der Waals surface area (Å²) in [6.45, 7) is 6.78. The van der Waals surface area contributed by atoms with Crippen LogP contribution in [0, 0.1) is 5.92 Å². The first kappa shape index (κ1) is 12.7. The van der Waals surface area contributed by atoms with E-state index in [2.05, 4.69) is 36.1 Å². The minimum Gasteiger partial charge on any atom is -0.384 e. The van der Waals surface area contributed by atoms with Crippen molar-refractivity contribution < 1.29 is 4.74 Å². The molecule has 1 aromatic heterocycles. The Morgan fingerprint density at radius 2 is 2.06 bits per heavy atom. The summed E-state index contributed by atoms with van der Waals surface area (Å²) in [5, 5.41) is 3.29. The molecule has 0 bridgehead atoms. The van der Waals surface area contributed by atoms with Crippen molar-refractivity contribution >= 4 is 11.6 Å². The van der Waals surface area contributed by atoms with Crippen LogP contribution in [0.1, 0.15) is 26.6 Å². The lowest BCUT2D eigenvalue weighted by Gasteiger charge is -2.18. The van der Waals surface area contributed by atoms with Crippen LogP contribution < -0.4 is 11.1 Å². The smallest absolute Gasteiger partial charge is 0.158 e. The SMILES string of the molecule is COCc1nc(N)cc(NC(C)C(C)C)n1. The fourth-order valence-electron chi connectivity index (χ4n) is 1.19. The Morgan fingerprint density at radius 1 is 1.38 bits per heavy atom. The molecule has 5 heteroatoms. The molecule has 90 valence electrons. The van der Waals surface area contributed by atoms with Gasteiger partial charge in [-0.2, -0.15) is 0 Å². The van der Waals surface area contributed by atoms with Crippen molar-refractivity contribution in [1.82, 2.24) is 9.97 Å². The number of nitrogens with zero attached hydrogens (tertiary/aromatic N) is 2. The highest BCUT2D eigenvalue weighted by atomic mass is 16.5. The largest absolute Gasteiger partial charge is 0.384 e. The van der Waals surface area contributed by atoms with Crippen molar-refractivity contribution in [2.45, 2.75) is 33.4 Å². The first-order valence-corrected chi connectivity index (χ1v) is 5.41. The van der Waals surface area contributed by atoms with E-state index >= 15 is 0 Å². The maximum atomic E-state index is 5.69. The van der Waals surface area contributed by atoms with Crippen LogP contribution in [0.2, 0.25) is 0 Å². The zero-order valence-electron chi connectivity index (χ0n) is 10.3. The molecule has 5 nitrogen and oxygen atoms in total. The second-order valence-corrected chi connectivity index (χ2v) is 4.20. The van der Waals surface area contributed by atoms with Gasteiger partial charge in [-0.15, -0.1) is 0 Å². The molecule has 1 rings (SSSR count).